The summed E-state index contributed by atoms with van der Waals surface area (Å²) >= 11 is -1.63. The summed E-state index contributed by atoms with van der Waals surface area (Å²) in [6, 6.07) is 7.01. The van der Waals surface area contributed by atoms with Gasteiger partial charge in [0.2, 0.25) is 5.91 Å². The van der Waals surface area contributed by atoms with Crippen molar-refractivity contribution < 1.29 is 18.3 Å². The van der Waals surface area contributed by atoms with Crippen LogP contribution in [0.3, 0.4) is 0 Å². The monoisotopic (exact) mass is 381 g/mol. The molecule has 0 aliphatic heterocycles. The highest BCUT2D eigenvalue weighted by molar-refractivity contribution is 7.89. The van der Waals surface area contributed by atoms with Crippen LogP contribution in [0.4, 0.5) is 10.2 Å². The molecule has 8 heteroatoms. The number of carbonyl (C=O) groups is 1. The van der Waals surface area contributed by atoms with Crippen LogP contribution in [-0.2, 0) is 21.6 Å². The molecule has 1 heterocycles. The Morgan fingerprint density at radius 3 is 2.31 bits per heavy atom. The minimum Gasteiger partial charge on any atom is -0.593 e. The molecule has 0 bridgehead atoms. The fraction of sp³-hybridized carbons (Fsp3) is 0.444. The molecule has 1 N–H and O–H groups in total. The molecular weight excluding hydrogens is 357 g/mol. The van der Waals surface area contributed by atoms with Crippen LogP contribution in [0.25, 0.3) is 0 Å². The van der Waals surface area contributed by atoms with Gasteiger partial charge in [-0.2, -0.15) is 0 Å². The standard InChI is InChI=1S/C18H24FN3O3S/c1-17(2,3)14-11-15(21-25-14)20-16(23)18(4,5)22(6)26(24)13-9-7-12(19)8-10-13/h7-11H,1-6H3,(H,20,21,23). The Morgan fingerprint density at radius 2 is 1.81 bits per heavy atom. The molecule has 0 saturated carbocycles. The Morgan fingerprint density at radius 1 is 1.23 bits per heavy atom. The fourth-order valence-electron chi connectivity index (χ4n) is 2.02. The summed E-state index contributed by atoms with van der Waals surface area (Å²) in [6.45, 7) is 9.22. The van der Waals surface area contributed by atoms with Gasteiger partial charge in [-0.1, -0.05) is 25.9 Å². The summed E-state index contributed by atoms with van der Waals surface area (Å²) in [5.74, 6) is 0.151. The van der Waals surface area contributed by atoms with Gasteiger partial charge in [0.1, 0.15) is 17.1 Å². The molecule has 0 fully saturated rings. The Balaban J connectivity index is 2.13. The number of nitrogens with zero attached hydrogens (tertiary/aromatic N) is 2. The first-order valence-corrected chi connectivity index (χ1v) is 9.23. The number of carbonyl (C=O) groups excluding carboxylic acids is 1. The number of anilines is 1. The topological polar surface area (TPSA) is 81.4 Å². The van der Waals surface area contributed by atoms with Gasteiger partial charge in [0.25, 0.3) is 0 Å². The largest absolute Gasteiger partial charge is 0.593 e. The molecule has 0 saturated heterocycles. The van der Waals surface area contributed by atoms with E-state index in [1.807, 2.05) is 20.8 Å². The molecule has 26 heavy (non-hydrogen) atoms. The Labute approximate surface area is 156 Å². The quantitative estimate of drug-likeness (QED) is 0.802. The first-order valence-electron chi connectivity index (χ1n) is 8.13. The van der Waals surface area contributed by atoms with Gasteiger partial charge in [0.15, 0.2) is 10.7 Å². The van der Waals surface area contributed by atoms with Crippen LogP contribution in [0.2, 0.25) is 0 Å². The molecule has 0 aliphatic carbocycles. The second-order valence-corrected chi connectivity index (χ2v) is 9.06. The van der Waals surface area contributed by atoms with Gasteiger partial charge in [-0.3, -0.25) is 4.79 Å². The molecule has 1 atom stereocenters. The number of halogens is 1. The minimum absolute atomic E-state index is 0.230. The van der Waals surface area contributed by atoms with E-state index in [1.165, 1.54) is 28.6 Å². The first-order chi connectivity index (χ1) is 11.9. The first kappa shape index (κ1) is 20.4. The second-order valence-electron chi connectivity index (χ2n) is 7.54. The Bertz CT molecular complexity index is 769. The lowest BCUT2D eigenvalue weighted by atomic mass is 9.93. The van der Waals surface area contributed by atoms with Gasteiger partial charge in [0.05, 0.1) is 11.4 Å². The van der Waals surface area contributed by atoms with Crippen LogP contribution in [-0.4, -0.2) is 32.5 Å². The predicted octanol–water partition coefficient (Wildman–Crippen LogP) is 3.48. The third-order valence-electron chi connectivity index (χ3n) is 4.10. The van der Waals surface area contributed by atoms with Crippen molar-refractivity contribution in [1.82, 2.24) is 9.46 Å². The van der Waals surface area contributed by atoms with E-state index >= 15 is 0 Å². The van der Waals surface area contributed by atoms with Crippen molar-refractivity contribution in [3.8, 4) is 0 Å². The molecule has 1 aromatic carbocycles. The third kappa shape index (κ3) is 4.44. The van der Waals surface area contributed by atoms with Crippen LogP contribution >= 0.6 is 0 Å². The number of likely N-dealkylation sites (N-methyl/N-ethyl adjacent to an activating group) is 1. The summed E-state index contributed by atoms with van der Waals surface area (Å²) in [6.07, 6.45) is 0. The van der Waals surface area contributed by atoms with Gasteiger partial charge >= 0.3 is 0 Å². The van der Waals surface area contributed by atoms with Crippen LogP contribution < -0.4 is 5.32 Å². The van der Waals surface area contributed by atoms with Gasteiger partial charge < -0.3 is 14.4 Å². The van der Waals surface area contributed by atoms with Gasteiger partial charge in [-0.05, 0) is 38.1 Å². The maximum atomic E-state index is 13.0. The Hall–Kier alpha value is -1.90. The number of aromatic nitrogens is 1. The van der Waals surface area contributed by atoms with Gasteiger partial charge in [-0.15, -0.1) is 4.31 Å². The highest BCUT2D eigenvalue weighted by Gasteiger charge is 2.41. The van der Waals surface area contributed by atoms with Crippen molar-refractivity contribution in [3.63, 3.8) is 0 Å². The average Bonchev–Trinajstić information content (AvgIpc) is 3.03. The lowest BCUT2D eigenvalue weighted by Crippen LogP contribution is -2.53. The lowest BCUT2D eigenvalue weighted by molar-refractivity contribution is -0.123. The highest BCUT2D eigenvalue weighted by Crippen LogP contribution is 2.27. The summed E-state index contributed by atoms with van der Waals surface area (Å²) < 4.78 is 32.4. The number of hydrogen-bond acceptors (Lipinski definition) is 5. The fourth-order valence-corrected chi connectivity index (χ4v) is 3.20. The van der Waals surface area contributed by atoms with Crippen molar-refractivity contribution in [1.29, 1.82) is 0 Å². The van der Waals surface area contributed by atoms with Crippen LogP contribution in [0.1, 0.15) is 40.4 Å². The number of nitrogens with one attached hydrogen (secondary N) is 1. The smallest absolute Gasteiger partial charge is 0.250 e. The van der Waals surface area contributed by atoms with E-state index in [1.54, 1.807) is 27.0 Å². The van der Waals surface area contributed by atoms with Crippen LogP contribution in [0, 0.1) is 5.82 Å². The maximum Gasteiger partial charge on any atom is 0.250 e. The molecule has 1 unspecified atom stereocenters. The van der Waals surface area contributed by atoms with E-state index in [0.29, 0.717) is 16.5 Å². The summed E-state index contributed by atoms with van der Waals surface area (Å²) in [5, 5.41) is 6.56. The highest BCUT2D eigenvalue weighted by atomic mass is 32.2. The van der Waals surface area contributed by atoms with Crippen molar-refractivity contribution in [2.45, 2.75) is 50.5 Å². The van der Waals surface area contributed by atoms with Gasteiger partial charge in [-0.25, -0.2) is 4.39 Å². The van der Waals surface area contributed by atoms with Crippen molar-refractivity contribution in [2.75, 3.05) is 12.4 Å². The van der Waals surface area contributed by atoms with E-state index in [-0.39, 0.29) is 11.3 Å². The van der Waals surface area contributed by atoms with Crippen molar-refractivity contribution in [2.24, 2.45) is 0 Å². The van der Waals surface area contributed by atoms with E-state index in [9.17, 15) is 13.7 Å². The molecule has 1 amide bonds. The summed E-state index contributed by atoms with van der Waals surface area (Å²) in [7, 11) is 1.57. The number of rotatable bonds is 5. The summed E-state index contributed by atoms with van der Waals surface area (Å²) in [4.78, 5) is 13.1. The molecule has 142 valence electrons. The zero-order valence-corrected chi connectivity index (χ0v) is 16.6. The zero-order valence-electron chi connectivity index (χ0n) is 15.8. The molecule has 0 spiro atoms. The summed E-state index contributed by atoms with van der Waals surface area (Å²) in [5.41, 5.74) is -1.34. The van der Waals surface area contributed by atoms with E-state index in [2.05, 4.69) is 10.5 Å². The molecule has 2 aromatic rings. The predicted molar refractivity (Wildman–Crippen MR) is 98.5 cm³/mol. The molecule has 1 aromatic heterocycles. The number of benzene rings is 1. The molecule has 0 radical (unpaired) electrons. The minimum atomic E-state index is -1.63. The van der Waals surface area contributed by atoms with Crippen molar-refractivity contribution >= 4 is 23.1 Å². The molecule has 6 nitrogen and oxygen atoms in total. The van der Waals surface area contributed by atoms with Crippen LogP contribution in [0.15, 0.2) is 39.8 Å². The van der Waals surface area contributed by atoms with Gasteiger partial charge in [0, 0.05) is 18.5 Å². The molecule has 2 rings (SSSR count). The number of hydrogen-bond donors (Lipinski definition) is 1. The normalized spacial score (nSPS) is 13.7. The van der Waals surface area contributed by atoms with Crippen molar-refractivity contribution in [3.05, 3.63) is 41.9 Å². The number of amides is 1. The SMILES string of the molecule is CN([S+]([O-])c1ccc(F)cc1)C(C)(C)C(=O)Nc1cc(C(C)(C)C)on1. The maximum absolute atomic E-state index is 13.0. The second kappa shape index (κ2) is 7.38. The van der Waals surface area contributed by atoms with E-state index < -0.39 is 22.7 Å². The average molecular weight is 381 g/mol. The lowest BCUT2D eigenvalue weighted by Gasteiger charge is -2.33. The zero-order chi connectivity index (χ0) is 19.7. The third-order valence-corrected chi connectivity index (χ3v) is 5.73. The molecule has 0 aliphatic rings. The molecular formula is C18H24FN3O3S. The van der Waals surface area contributed by atoms with E-state index in [4.69, 9.17) is 4.52 Å². The van der Waals surface area contributed by atoms with E-state index in [0.717, 1.165) is 0 Å². The Kier molecular flexibility index (Phi) is 5.79. The van der Waals surface area contributed by atoms with Crippen LogP contribution in [0.5, 0.6) is 0 Å².